The average Bonchev–Trinajstić information content (AvgIpc) is 1.95. The molecule has 4 fully saturated rings. The highest BCUT2D eigenvalue weighted by Gasteiger charge is 2.46. The molecular weight excluding hydrogens is 1160 g/mol. The molecule has 3 saturated heterocycles. The second kappa shape index (κ2) is 26.8. The van der Waals surface area contributed by atoms with Crippen LogP contribution < -0.4 is 24.4 Å². The van der Waals surface area contributed by atoms with Gasteiger partial charge in [0.05, 0.1) is 61.1 Å². The molecule has 0 radical (unpaired) electrons. The summed E-state index contributed by atoms with van der Waals surface area (Å²) in [5.74, 6) is 2.28. The molecule has 21 heteroatoms. The van der Waals surface area contributed by atoms with Gasteiger partial charge in [-0.2, -0.15) is 0 Å². The van der Waals surface area contributed by atoms with Crippen LogP contribution in [-0.4, -0.2) is 164 Å². The summed E-state index contributed by atoms with van der Waals surface area (Å²) in [4.78, 5) is 79.4. The lowest BCUT2D eigenvalue weighted by atomic mass is 9.84. The van der Waals surface area contributed by atoms with Crippen LogP contribution in [0.3, 0.4) is 0 Å². The van der Waals surface area contributed by atoms with E-state index in [1.807, 2.05) is 129 Å². The first-order chi connectivity index (χ1) is 41.2. The van der Waals surface area contributed by atoms with E-state index in [4.69, 9.17) is 47.1 Å². The highest BCUT2D eigenvalue weighted by atomic mass is 35.5. The van der Waals surface area contributed by atoms with Gasteiger partial charge in [0.25, 0.3) is 11.8 Å². The summed E-state index contributed by atoms with van der Waals surface area (Å²) in [5.41, 5.74) is 5.45. The van der Waals surface area contributed by atoms with Gasteiger partial charge in [-0.05, 0) is 142 Å². The fraction of sp³-hybridized carbons (Fsp3) is 0.406. The zero-order valence-corrected chi connectivity index (χ0v) is 51.7. The Morgan fingerprint density at radius 2 is 1.47 bits per heavy atom. The zero-order valence-electron chi connectivity index (χ0n) is 48.5. The van der Waals surface area contributed by atoms with Gasteiger partial charge in [0.15, 0.2) is 5.13 Å². The lowest BCUT2D eigenvalue weighted by Gasteiger charge is -2.44. The number of carbonyl (C=O) groups excluding carboxylic acids is 4. The van der Waals surface area contributed by atoms with Crippen LogP contribution in [-0.2, 0) is 9.53 Å². The number of amidine groups is 1. The molecule has 0 unspecified atom stereocenters. The average molecular weight is 1230 g/mol. The molecule has 1 aliphatic carbocycles. The number of rotatable bonds is 16. The minimum Gasteiger partial charge on any atom is -0.497 e. The predicted octanol–water partition coefficient (Wildman–Crippen LogP) is 11.6. The van der Waals surface area contributed by atoms with E-state index in [0.29, 0.717) is 100 Å². The first-order valence-corrected chi connectivity index (χ1v) is 31.5. The summed E-state index contributed by atoms with van der Waals surface area (Å²) in [6, 6.07) is 30.8. The normalized spacial score (nSPS) is 20.4. The number of aryl methyl sites for hydroxylation is 1. The number of nitrogens with zero attached hydrogens (tertiary/aromatic N) is 8. The van der Waals surface area contributed by atoms with Gasteiger partial charge in [0.2, 0.25) is 5.91 Å². The molecule has 446 valence electrons. The largest absolute Gasteiger partial charge is 0.497 e. The molecule has 11 rings (SSSR count). The number of piperazine rings is 2. The molecule has 17 nitrogen and oxygen atoms in total. The number of carbonyl (C=O) groups is 4. The molecule has 4 aliphatic heterocycles. The molecule has 5 heterocycles. The maximum Gasteiger partial charge on any atom is 0.326 e. The van der Waals surface area contributed by atoms with Crippen LogP contribution in [0.4, 0.5) is 15.6 Å². The third kappa shape index (κ3) is 13.7. The van der Waals surface area contributed by atoms with Crippen molar-refractivity contribution >= 4 is 86.7 Å². The number of halogens is 2. The number of urea groups is 1. The van der Waals surface area contributed by atoms with Crippen molar-refractivity contribution in [1.29, 1.82) is 0 Å². The molecule has 1 saturated carbocycles. The maximum absolute atomic E-state index is 15.3. The van der Waals surface area contributed by atoms with Crippen LogP contribution in [0.15, 0.2) is 123 Å². The van der Waals surface area contributed by atoms with Crippen molar-refractivity contribution in [3.8, 4) is 17.2 Å². The summed E-state index contributed by atoms with van der Waals surface area (Å²) in [7, 11) is 3.18. The molecule has 5 aromatic carbocycles. The van der Waals surface area contributed by atoms with E-state index in [1.165, 1.54) is 23.1 Å². The number of thiazole rings is 1. The van der Waals surface area contributed by atoms with E-state index in [-0.39, 0.29) is 42.4 Å². The minimum atomic E-state index is -0.584. The molecule has 5 aliphatic rings. The Balaban J connectivity index is 0.666. The van der Waals surface area contributed by atoms with E-state index >= 15 is 4.79 Å². The first kappa shape index (κ1) is 59.8. The number of anilines is 2. The van der Waals surface area contributed by atoms with Gasteiger partial charge in [-0.3, -0.25) is 34.5 Å². The zero-order chi connectivity index (χ0) is 59.3. The number of hydrogen-bond donors (Lipinski definition) is 1. The first-order valence-electron chi connectivity index (χ1n) is 29.1. The molecule has 1 aromatic heterocycles. The standard InChI is InChI=1S/C64H71Cl2N9O8S2/c1-40(2)83-54-35-50(80-4)22-23-51(54)60-68-58(43-8-14-46(65)15-9-43)59(44-10-16-47(66)17-11-44)75(60)64(79)73-28-29-74(56(76)39-73)49-18-6-42(7-19-49)38-70-24-26-71(27-25-70)48-20-12-45(13-21-48)61(77)69-63-67-37-57(85-63)84-55-36-52(53(81-5)34-41(55)3)62(78)72-30-32-82-33-31-72/h8-17,20-23,34-37,40,42,49,58-59H,6-7,18-19,24-33,38-39H2,1-5H3,(H,67,69,77)/t42?,49?,58-,59+/m0/s1. The predicted molar refractivity (Wildman–Crippen MR) is 334 cm³/mol. The molecule has 5 amide bonds. The third-order valence-electron chi connectivity index (χ3n) is 16.6. The van der Waals surface area contributed by atoms with Crippen LogP contribution in [0.1, 0.15) is 94.6 Å². The monoisotopic (exact) mass is 1230 g/mol. The summed E-state index contributed by atoms with van der Waals surface area (Å²) < 4.78 is 23.9. The number of benzene rings is 5. The van der Waals surface area contributed by atoms with Gasteiger partial charge in [0, 0.05) is 97.2 Å². The van der Waals surface area contributed by atoms with Crippen molar-refractivity contribution in [2.45, 2.75) is 79.8 Å². The van der Waals surface area contributed by atoms with Crippen molar-refractivity contribution in [3.63, 3.8) is 0 Å². The number of aromatic nitrogens is 1. The highest BCUT2D eigenvalue weighted by Crippen LogP contribution is 2.47. The van der Waals surface area contributed by atoms with Gasteiger partial charge in [-0.1, -0.05) is 70.6 Å². The van der Waals surface area contributed by atoms with Gasteiger partial charge in [-0.25, -0.2) is 9.78 Å². The highest BCUT2D eigenvalue weighted by molar-refractivity contribution is 8.01. The van der Waals surface area contributed by atoms with Gasteiger partial charge < -0.3 is 38.5 Å². The van der Waals surface area contributed by atoms with E-state index in [9.17, 15) is 14.4 Å². The fourth-order valence-corrected chi connectivity index (χ4v) is 14.3. The molecule has 85 heavy (non-hydrogen) atoms. The lowest BCUT2D eigenvalue weighted by Crippen LogP contribution is -2.59. The summed E-state index contributed by atoms with van der Waals surface area (Å²) in [6.07, 6.45) is 5.49. The summed E-state index contributed by atoms with van der Waals surface area (Å²) >= 11 is 15.7. The van der Waals surface area contributed by atoms with Crippen LogP contribution in [0.2, 0.25) is 10.0 Å². The van der Waals surface area contributed by atoms with Gasteiger partial charge in [0.1, 0.15) is 35.7 Å². The third-order valence-corrected chi connectivity index (χ3v) is 19.3. The smallest absolute Gasteiger partial charge is 0.326 e. The Hall–Kier alpha value is -6.87. The summed E-state index contributed by atoms with van der Waals surface area (Å²) in [6.45, 7) is 13.4. The van der Waals surface area contributed by atoms with E-state index < -0.39 is 12.1 Å². The van der Waals surface area contributed by atoms with Gasteiger partial charge >= 0.3 is 6.03 Å². The van der Waals surface area contributed by atoms with E-state index in [1.54, 1.807) is 35.1 Å². The van der Waals surface area contributed by atoms with Crippen LogP contribution >= 0.6 is 46.3 Å². The number of aliphatic imine (C=N–C) groups is 1. The topological polar surface area (TPSA) is 162 Å². The number of ether oxygens (including phenoxy) is 4. The van der Waals surface area contributed by atoms with Crippen molar-refractivity contribution < 1.29 is 38.1 Å². The molecule has 0 bridgehead atoms. The number of hydrogen-bond acceptors (Lipinski definition) is 14. The lowest BCUT2D eigenvalue weighted by molar-refractivity contribution is -0.138. The van der Waals surface area contributed by atoms with Crippen molar-refractivity contribution in [1.82, 2.24) is 29.5 Å². The number of nitrogens with one attached hydrogen (secondary N) is 1. The van der Waals surface area contributed by atoms with Gasteiger partial charge in [-0.15, -0.1) is 0 Å². The quantitative estimate of drug-likeness (QED) is 0.0978. The van der Waals surface area contributed by atoms with Crippen molar-refractivity contribution in [2.24, 2.45) is 10.9 Å². The Bertz CT molecular complexity index is 3400. The fourth-order valence-electron chi connectivity index (χ4n) is 12.1. The summed E-state index contributed by atoms with van der Waals surface area (Å²) in [5, 5.41) is 4.63. The molecule has 2 atom stereocenters. The van der Waals surface area contributed by atoms with Crippen LogP contribution in [0.5, 0.6) is 17.2 Å². The molecule has 1 N–H and O–H groups in total. The Kier molecular flexibility index (Phi) is 18.9. The second-order valence-electron chi connectivity index (χ2n) is 22.4. The minimum absolute atomic E-state index is 0.0391. The molecular formula is C64H71Cl2N9O8S2. The molecule has 0 spiro atoms. The molecule has 6 aromatic rings. The Morgan fingerprint density at radius 3 is 2.13 bits per heavy atom. The van der Waals surface area contributed by atoms with Crippen molar-refractivity contribution in [2.75, 3.05) is 103 Å². The second-order valence-corrected chi connectivity index (χ2v) is 25.7. The maximum atomic E-state index is 15.3. The van der Waals surface area contributed by atoms with E-state index in [2.05, 4.69) is 20.1 Å². The Labute approximate surface area is 515 Å². The van der Waals surface area contributed by atoms with Crippen molar-refractivity contribution in [3.05, 3.63) is 153 Å². The van der Waals surface area contributed by atoms with Crippen LogP contribution in [0, 0.1) is 12.8 Å². The number of methoxy groups -OCH3 is 2. The van der Waals surface area contributed by atoms with Crippen LogP contribution in [0.25, 0.3) is 0 Å². The SMILES string of the molecule is COc1ccc(C2=N[C@@H](c3ccc(Cl)cc3)[C@@H](c3ccc(Cl)cc3)N2C(=O)N2CCN(C3CCC(CN4CCN(c5ccc(C(=O)Nc6ncc(Sc7cc(C(=O)N8CCOCC8)c(OC)cc7C)s6)cc5)CC4)CC3)C(=O)C2)c(OC(C)C)c1. The Morgan fingerprint density at radius 1 is 0.776 bits per heavy atom. The number of amides is 5. The van der Waals surface area contributed by atoms with E-state index in [0.717, 1.165) is 89.9 Å². The number of morpholine rings is 1.